The first-order chi connectivity index (χ1) is 8.40. The fourth-order valence-electron chi connectivity index (χ4n) is 2.74. The van der Waals surface area contributed by atoms with Crippen LogP contribution in [0.25, 0.3) is 0 Å². The summed E-state index contributed by atoms with van der Waals surface area (Å²) in [5.41, 5.74) is 1.83. The van der Waals surface area contributed by atoms with Gasteiger partial charge in [-0.15, -0.1) is 0 Å². The number of ketones is 2. The molecule has 0 radical (unpaired) electrons. The van der Waals surface area contributed by atoms with Gasteiger partial charge < -0.3 is 4.74 Å². The van der Waals surface area contributed by atoms with Crippen LogP contribution in [0.5, 0.6) is 0 Å². The summed E-state index contributed by atoms with van der Waals surface area (Å²) >= 11 is 0. The Morgan fingerprint density at radius 3 is 2.44 bits per heavy atom. The van der Waals surface area contributed by atoms with E-state index in [-0.39, 0.29) is 11.6 Å². The van der Waals surface area contributed by atoms with E-state index in [0.29, 0.717) is 22.3 Å². The minimum Gasteiger partial charge on any atom is -0.326 e. The fraction of sp³-hybridized carbons (Fsp3) is 0.538. The Labute approximate surface area is 104 Å². The Hall–Kier alpha value is -1.30. The molecular formula is C13H14O5. The molecule has 0 saturated carbocycles. The molecule has 96 valence electrons. The largest absolute Gasteiger partial charge is 0.326 e. The van der Waals surface area contributed by atoms with Crippen LogP contribution in [0.1, 0.15) is 27.7 Å². The second kappa shape index (κ2) is 3.38. The number of ether oxygens (including phenoxy) is 1. The Balaban J connectivity index is 2.27. The number of allylic oxidation sites excluding steroid dienone is 2. The van der Waals surface area contributed by atoms with Crippen molar-refractivity contribution < 1.29 is 24.1 Å². The van der Waals surface area contributed by atoms with Gasteiger partial charge in [-0.3, -0.25) is 9.59 Å². The molecular weight excluding hydrogens is 236 g/mol. The van der Waals surface area contributed by atoms with Crippen molar-refractivity contribution >= 4 is 11.6 Å². The Bertz CT molecular complexity index is 542. The molecule has 1 spiro atoms. The third-order valence-corrected chi connectivity index (χ3v) is 3.98. The van der Waals surface area contributed by atoms with E-state index in [1.54, 1.807) is 27.7 Å². The van der Waals surface area contributed by atoms with Gasteiger partial charge in [-0.1, -0.05) is 0 Å². The van der Waals surface area contributed by atoms with Gasteiger partial charge in [0.15, 0.2) is 17.7 Å². The van der Waals surface area contributed by atoms with Crippen LogP contribution in [-0.2, 0) is 24.1 Å². The quantitative estimate of drug-likeness (QED) is 0.605. The Morgan fingerprint density at radius 1 is 1.11 bits per heavy atom. The lowest BCUT2D eigenvalue weighted by atomic mass is 9.81. The zero-order valence-corrected chi connectivity index (χ0v) is 10.7. The molecule has 0 amide bonds. The van der Waals surface area contributed by atoms with E-state index < -0.39 is 18.0 Å². The van der Waals surface area contributed by atoms with E-state index in [2.05, 4.69) is 0 Å². The predicted octanol–water partition coefficient (Wildman–Crippen LogP) is 1.24. The summed E-state index contributed by atoms with van der Waals surface area (Å²) in [4.78, 5) is 34.9. The molecule has 2 saturated heterocycles. The van der Waals surface area contributed by atoms with Crippen molar-refractivity contribution in [2.24, 2.45) is 0 Å². The maximum Gasteiger partial charge on any atom is 0.255 e. The van der Waals surface area contributed by atoms with Crippen LogP contribution in [0, 0.1) is 0 Å². The van der Waals surface area contributed by atoms with Gasteiger partial charge in [0.1, 0.15) is 6.10 Å². The predicted molar refractivity (Wildman–Crippen MR) is 60.3 cm³/mol. The molecule has 0 N–H and O–H groups in total. The summed E-state index contributed by atoms with van der Waals surface area (Å²) in [6.07, 6.45) is -1.17. The summed E-state index contributed by atoms with van der Waals surface area (Å²) in [6.45, 7) is 6.77. The van der Waals surface area contributed by atoms with Crippen molar-refractivity contribution in [3.8, 4) is 0 Å². The molecule has 0 aromatic rings. The normalized spacial score (nSPS) is 39.6. The molecule has 3 atom stereocenters. The topological polar surface area (TPSA) is 61.8 Å². The number of hydrogen-bond donors (Lipinski definition) is 0. The van der Waals surface area contributed by atoms with Crippen LogP contribution in [-0.4, -0.2) is 29.6 Å². The third kappa shape index (κ3) is 1.12. The van der Waals surface area contributed by atoms with Crippen LogP contribution in [0.2, 0.25) is 0 Å². The fourth-order valence-corrected chi connectivity index (χ4v) is 2.74. The molecule has 3 unspecified atom stereocenters. The summed E-state index contributed by atoms with van der Waals surface area (Å²) in [6, 6.07) is 0. The molecule has 18 heavy (non-hydrogen) atoms. The van der Waals surface area contributed by atoms with Crippen LogP contribution in [0.3, 0.4) is 0 Å². The second-order valence-corrected chi connectivity index (χ2v) is 4.98. The maximum absolute atomic E-state index is 12.3. The molecule has 3 rings (SSSR count). The molecule has 5 nitrogen and oxygen atoms in total. The van der Waals surface area contributed by atoms with Crippen LogP contribution >= 0.6 is 0 Å². The first kappa shape index (κ1) is 11.8. The van der Waals surface area contributed by atoms with Gasteiger partial charge >= 0.3 is 0 Å². The van der Waals surface area contributed by atoms with Crippen LogP contribution in [0.4, 0.5) is 0 Å². The smallest absolute Gasteiger partial charge is 0.255 e. The molecule has 2 heterocycles. The average Bonchev–Trinajstić information content (AvgIpc) is 2.61. The van der Waals surface area contributed by atoms with Gasteiger partial charge in [-0.05, 0) is 27.7 Å². The van der Waals surface area contributed by atoms with Gasteiger partial charge in [0.25, 0.3) is 5.79 Å². The SMILES string of the molecule is CC1=C(C)C23OOC(C)C(O2)C(=O)C3=C(C)C1=O. The van der Waals surface area contributed by atoms with Crippen molar-refractivity contribution in [2.75, 3.05) is 0 Å². The lowest BCUT2D eigenvalue weighted by Gasteiger charge is -2.37. The van der Waals surface area contributed by atoms with Crippen molar-refractivity contribution in [1.82, 2.24) is 0 Å². The van der Waals surface area contributed by atoms with E-state index in [9.17, 15) is 9.59 Å². The van der Waals surface area contributed by atoms with Gasteiger partial charge in [-0.25, -0.2) is 4.89 Å². The third-order valence-electron chi connectivity index (χ3n) is 3.98. The highest BCUT2D eigenvalue weighted by Gasteiger charge is 2.62. The average molecular weight is 250 g/mol. The first-order valence-electron chi connectivity index (χ1n) is 5.90. The number of carbonyl (C=O) groups is 2. The standard InChI is InChI=1S/C13H14O5/c1-5-7(3)13-9(6(2)10(5)14)11(15)12(16-13)8(4)17-18-13/h8,12H,1-4H3. The molecule has 2 aliphatic heterocycles. The van der Waals surface area contributed by atoms with E-state index in [1.165, 1.54) is 0 Å². The van der Waals surface area contributed by atoms with Crippen LogP contribution < -0.4 is 0 Å². The minimum atomic E-state index is -1.31. The summed E-state index contributed by atoms with van der Waals surface area (Å²) in [5, 5.41) is 0. The van der Waals surface area contributed by atoms with E-state index >= 15 is 0 Å². The number of carbonyl (C=O) groups excluding carboxylic acids is 2. The lowest BCUT2D eigenvalue weighted by molar-refractivity contribution is -0.460. The Morgan fingerprint density at radius 2 is 1.78 bits per heavy atom. The van der Waals surface area contributed by atoms with Gasteiger partial charge in [0.2, 0.25) is 0 Å². The highest BCUT2D eigenvalue weighted by atomic mass is 17.2. The summed E-state index contributed by atoms with van der Waals surface area (Å²) < 4.78 is 5.75. The molecule has 1 aliphatic carbocycles. The van der Waals surface area contributed by atoms with Crippen molar-refractivity contribution in [3.63, 3.8) is 0 Å². The zero-order chi connectivity index (χ0) is 13.2. The number of fused-ring (bicyclic) bond motifs is 1. The molecule has 0 aromatic carbocycles. The number of rotatable bonds is 0. The lowest BCUT2D eigenvalue weighted by Crippen LogP contribution is -2.46. The Kier molecular flexibility index (Phi) is 2.21. The van der Waals surface area contributed by atoms with Crippen molar-refractivity contribution in [1.29, 1.82) is 0 Å². The van der Waals surface area contributed by atoms with E-state index in [1.807, 2.05) is 0 Å². The molecule has 0 aromatic heterocycles. The van der Waals surface area contributed by atoms with Gasteiger partial charge in [0.05, 0.1) is 5.57 Å². The van der Waals surface area contributed by atoms with Crippen molar-refractivity contribution in [2.45, 2.75) is 45.7 Å². The summed E-state index contributed by atoms with van der Waals surface area (Å²) in [5.74, 6) is -1.65. The van der Waals surface area contributed by atoms with Gasteiger partial charge in [0, 0.05) is 16.7 Å². The monoisotopic (exact) mass is 250 g/mol. The number of hydrogen-bond acceptors (Lipinski definition) is 5. The molecule has 2 bridgehead atoms. The van der Waals surface area contributed by atoms with Crippen LogP contribution in [0.15, 0.2) is 22.3 Å². The molecule has 5 heteroatoms. The minimum absolute atomic E-state index is 0.131. The second-order valence-electron chi connectivity index (χ2n) is 4.98. The number of Topliss-reactive ketones (excluding diaryl/α,β-unsaturated/α-hetero) is 2. The zero-order valence-electron chi connectivity index (χ0n) is 10.7. The highest BCUT2D eigenvalue weighted by molar-refractivity contribution is 6.18. The molecule has 3 aliphatic rings. The summed E-state index contributed by atoms with van der Waals surface area (Å²) in [7, 11) is 0. The van der Waals surface area contributed by atoms with Crippen molar-refractivity contribution in [3.05, 3.63) is 22.3 Å². The maximum atomic E-state index is 12.3. The van der Waals surface area contributed by atoms with Gasteiger partial charge in [-0.2, -0.15) is 4.89 Å². The van der Waals surface area contributed by atoms with E-state index in [0.717, 1.165) is 0 Å². The first-order valence-corrected chi connectivity index (χ1v) is 5.90. The molecule has 2 fully saturated rings. The highest BCUT2D eigenvalue weighted by Crippen LogP contribution is 2.49. The van der Waals surface area contributed by atoms with E-state index in [4.69, 9.17) is 14.5 Å².